The molecule has 2 amide bonds. The van der Waals surface area contributed by atoms with E-state index in [4.69, 9.17) is 9.47 Å². The summed E-state index contributed by atoms with van der Waals surface area (Å²) in [6.07, 6.45) is 1.20. The lowest BCUT2D eigenvalue weighted by atomic mass is 9.98. The molecule has 2 atom stereocenters. The van der Waals surface area contributed by atoms with E-state index in [0.717, 1.165) is 24.0 Å². The Kier molecular flexibility index (Phi) is 7.12. The molecule has 1 heterocycles. The maximum absolute atomic E-state index is 12.6. The largest absolute Gasteiger partial charge is 0.449 e. The molecule has 0 saturated carbocycles. The summed E-state index contributed by atoms with van der Waals surface area (Å²) in [5, 5.41) is 12.7. The van der Waals surface area contributed by atoms with Gasteiger partial charge in [-0.1, -0.05) is 48.5 Å². The smallest absolute Gasteiger partial charge is 0.410 e. The Balaban J connectivity index is 1.34. The molecular weight excluding hydrogens is 432 g/mol. The fraction of sp³-hybridized carbons (Fsp3) is 0.481. The third kappa shape index (κ3) is 5.36. The first-order valence-electron chi connectivity index (χ1n) is 12.0. The van der Waals surface area contributed by atoms with Gasteiger partial charge in [-0.3, -0.25) is 0 Å². The molecule has 182 valence electrons. The number of fused-ring (bicyclic) bond motifs is 3. The highest BCUT2D eigenvalue weighted by Crippen LogP contribution is 2.44. The number of nitrogens with zero attached hydrogens (tertiary/aromatic N) is 1. The average molecular weight is 467 g/mol. The summed E-state index contributed by atoms with van der Waals surface area (Å²) in [6.45, 7) is 6.11. The van der Waals surface area contributed by atoms with Crippen molar-refractivity contribution < 1.29 is 24.2 Å². The SMILES string of the molecule is CC(C)(C)OC(=O)N1CCC[C@H]1C[C@H](CO)NC(=O)OCC1c2ccccc2-c2ccccc21. The molecule has 0 unspecified atom stereocenters. The third-order valence-corrected chi connectivity index (χ3v) is 6.45. The molecule has 0 bridgehead atoms. The topological polar surface area (TPSA) is 88.1 Å². The fourth-order valence-electron chi connectivity index (χ4n) is 4.96. The minimum absolute atomic E-state index is 0.0248. The van der Waals surface area contributed by atoms with Crippen molar-refractivity contribution in [2.45, 2.75) is 63.6 Å². The Labute approximate surface area is 201 Å². The van der Waals surface area contributed by atoms with Crippen LogP contribution in [0.3, 0.4) is 0 Å². The lowest BCUT2D eigenvalue weighted by Gasteiger charge is -2.30. The number of hydrogen-bond donors (Lipinski definition) is 2. The molecule has 7 nitrogen and oxygen atoms in total. The van der Waals surface area contributed by atoms with Gasteiger partial charge >= 0.3 is 12.2 Å². The van der Waals surface area contributed by atoms with E-state index in [1.165, 1.54) is 11.1 Å². The molecule has 1 saturated heterocycles. The van der Waals surface area contributed by atoms with Gasteiger partial charge in [0.2, 0.25) is 0 Å². The summed E-state index contributed by atoms with van der Waals surface area (Å²) in [6, 6.07) is 15.7. The zero-order chi connectivity index (χ0) is 24.3. The number of nitrogens with one attached hydrogen (secondary N) is 1. The minimum atomic E-state index is -0.569. The van der Waals surface area contributed by atoms with Gasteiger partial charge in [0.15, 0.2) is 0 Å². The van der Waals surface area contributed by atoms with Gasteiger partial charge in [0.25, 0.3) is 0 Å². The predicted molar refractivity (Wildman–Crippen MR) is 130 cm³/mol. The van der Waals surface area contributed by atoms with Crippen molar-refractivity contribution in [3.05, 3.63) is 59.7 Å². The number of aliphatic hydroxyl groups excluding tert-OH is 1. The number of hydrogen-bond acceptors (Lipinski definition) is 5. The minimum Gasteiger partial charge on any atom is -0.449 e. The van der Waals surface area contributed by atoms with E-state index in [0.29, 0.717) is 13.0 Å². The van der Waals surface area contributed by atoms with Crippen molar-refractivity contribution in [1.82, 2.24) is 10.2 Å². The first-order valence-corrected chi connectivity index (χ1v) is 12.0. The number of carbonyl (C=O) groups excluding carboxylic acids is 2. The molecule has 7 heteroatoms. The summed E-state index contributed by atoms with van der Waals surface area (Å²) in [4.78, 5) is 26.9. The molecule has 0 aromatic heterocycles. The maximum Gasteiger partial charge on any atom is 0.410 e. The van der Waals surface area contributed by atoms with Crippen LogP contribution in [-0.2, 0) is 9.47 Å². The monoisotopic (exact) mass is 466 g/mol. The van der Waals surface area contributed by atoms with E-state index in [1.807, 2.05) is 45.0 Å². The van der Waals surface area contributed by atoms with Gasteiger partial charge in [-0.2, -0.15) is 0 Å². The summed E-state index contributed by atoms with van der Waals surface area (Å²) in [7, 11) is 0. The van der Waals surface area contributed by atoms with E-state index < -0.39 is 17.7 Å². The molecule has 1 aliphatic carbocycles. The zero-order valence-electron chi connectivity index (χ0n) is 20.1. The molecular formula is C27H34N2O5. The van der Waals surface area contributed by atoms with Gasteiger partial charge in [0.1, 0.15) is 12.2 Å². The fourth-order valence-corrected chi connectivity index (χ4v) is 4.96. The van der Waals surface area contributed by atoms with E-state index in [9.17, 15) is 14.7 Å². The van der Waals surface area contributed by atoms with Gasteiger partial charge in [0.05, 0.1) is 12.6 Å². The number of amides is 2. The average Bonchev–Trinajstić information content (AvgIpc) is 3.39. The molecule has 1 aliphatic heterocycles. The number of carbonyl (C=O) groups is 2. The van der Waals surface area contributed by atoms with Gasteiger partial charge in [-0.15, -0.1) is 0 Å². The van der Waals surface area contributed by atoms with Crippen LogP contribution in [0.4, 0.5) is 9.59 Å². The Morgan fingerprint density at radius 3 is 2.29 bits per heavy atom. The van der Waals surface area contributed by atoms with Crippen LogP contribution in [-0.4, -0.2) is 59.6 Å². The summed E-state index contributed by atoms with van der Waals surface area (Å²) in [5.74, 6) is -0.0248. The van der Waals surface area contributed by atoms with Crippen LogP contribution >= 0.6 is 0 Å². The Bertz CT molecular complexity index is 986. The number of rotatable bonds is 6. The second-order valence-electron chi connectivity index (χ2n) is 10.1. The Morgan fingerprint density at radius 1 is 1.09 bits per heavy atom. The van der Waals surface area contributed by atoms with Crippen LogP contribution in [0.1, 0.15) is 57.1 Å². The first-order chi connectivity index (χ1) is 16.3. The van der Waals surface area contributed by atoms with Crippen molar-refractivity contribution in [2.75, 3.05) is 19.8 Å². The van der Waals surface area contributed by atoms with Crippen molar-refractivity contribution in [3.63, 3.8) is 0 Å². The summed E-state index contributed by atoms with van der Waals surface area (Å²) < 4.78 is 11.1. The van der Waals surface area contributed by atoms with Crippen molar-refractivity contribution in [2.24, 2.45) is 0 Å². The molecule has 2 N–H and O–H groups in total. The van der Waals surface area contributed by atoms with Crippen molar-refractivity contribution in [3.8, 4) is 11.1 Å². The van der Waals surface area contributed by atoms with Crippen LogP contribution in [0.5, 0.6) is 0 Å². The molecule has 0 radical (unpaired) electrons. The van der Waals surface area contributed by atoms with E-state index in [-0.39, 0.29) is 31.3 Å². The lowest BCUT2D eigenvalue weighted by Crippen LogP contribution is -2.45. The summed E-state index contributed by atoms with van der Waals surface area (Å²) >= 11 is 0. The van der Waals surface area contributed by atoms with Crippen LogP contribution in [0.2, 0.25) is 0 Å². The van der Waals surface area contributed by atoms with Gasteiger partial charge in [0, 0.05) is 18.5 Å². The Morgan fingerprint density at radius 2 is 1.71 bits per heavy atom. The lowest BCUT2D eigenvalue weighted by molar-refractivity contribution is 0.0207. The number of benzene rings is 2. The molecule has 4 rings (SSSR count). The summed E-state index contributed by atoms with van der Waals surface area (Å²) in [5.41, 5.74) is 4.07. The van der Waals surface area contributed by atoms with Crippen LogP contribution in [0.15, 0.2) is 48.5 Å². The van der Waals surface area contributed by atoms with Gasteiger partial charge in [-0.05, 0) is 62.3 Å². The second-order valence-corrected chi connectivity index (χ2v) is 10.1. The van der Waals surface area contributed by atoms with Crippen molar-refractivity contribution in [1.29, 1.82) is 0 Å². The van der Waals surface area contributed by atoms with E-state index in [2.05, 4.69) is 29.6 Å². The second kappa shape index (κ2) is 10.1. The van der Waals surface area contributed by atoms with Crippen LogP contribution < -0.4 is 5.32 Å². The Hall–Kier alpha value is -3.06. The maximum atomic E-state index is 12.6. The van der Waals surface area contributed by atoms with E-state index >= 15 is 0 Å². The molecule has 0 spiro atoms. The quantitative estimate of drug-likeness (QED) is 0.646. The molecule has 2 aromatic carbocycles. The van der Waals surface area contributed by atoms with Crippen LogP contribution in [0, 0.1) is 0 Å². The first kappa shape index (κ1) is 24.1. The normalized spacial score (nSPS) is 18.2. The van der Waals surface area contributed by atoms with Gasteiger partial charge < -0.3 is 24.8 Å². The highest BCUT2D eigenvalue weighted by atomic mass is 16.6. The standard InChI is InChI=1S/C27H34N2O5/c1-27(2,3)34-26(32)29-14-8-9-19(29)15-18(16-30)28-25(31)33-17-24-22-12-6-4-10-20(22)21-11-5-7-13-23(21)24/h4-7,10-13,18-19,24,30H,8-9,14-17H2,1-3H3,(H,28,31)/t18-,19+/m1/s1. The zero-order valence-corrected chi connectivity index (χ0v) is 20.1. The number of ether oxygens (including phenoxy) is 2. The predicted octanol–water partition coefficient (Wildman–Crippen LogP) is 4.68. The number of alkyl carbamates (subject to hydrolysis) is 1. The highest BCUT2D eigenvalue weighted by molar-refractivity contribution is 5.79. The molecule has 2 aliphatic rings. The highest BCUT2D eigenvalue weighted by Gasteiger charge is 2.34. The van der Waals surface area contributed by atoms with Crippen molar-refractivity contribution >= 4 is 12.2 Å². The molecule has 1 fully saturated rings. The molecule has 2 aromatic rings. The van der Waals surface area contributed by atoms with Crippen LogP contribution in [0.25, 0.3) is 11.1 Å². The molecule has 34 heavy (non-hydrogen) atoms. The van der Waals surface area contributed by atoms with Gasteiger partial charge in [-0.25, -0.2) is 9.59 Å². The third-order valence-electron chi connectivity index (χ3n) is 6.45. The number of aliphatic hydroxyl groups is 1. The van der Waals surface area contributed by atoms with E-state index in [1.54, 1.807) is 4.90 Å². The number of likely N-dealkylation sites (tertiary alicyclic amines) is 1.